The maximum atomic E-state index is 12.4. The number of ether oxygens (including phenoxy) is 1. The van der Waals surface area contributed by atoms with E-state index in [4.69, 9.17) is 4.74 Å². The van der Waals surface area contributed by atoms with Gasteiger partial charge in [0, 0.05) is 18.6 Å². The van der Waals surface area contributed by atoms with Crippen molar-refractivity contribution in [3.8, 4) is 0 Å². The van der Waals surface area contributed by atoms with Crippen LogP contribution in [0.1, 0.15) is 59.2 Å². The number of benzene rings is 1. The molecule has 1 heterocycles. The number of Topliss-reactive ketones (excluding diaryl/α,β-unsaturated/α-hetero) is 1. The second-order valence-corrected chi connectivity index (χ2v) is 5.72. The van der Waals surface area contributed by atoms with Crippen molar-refractivity contribution in [3.05, 3.63) is 34.4 Å². The van der Waals surface area contributed by atoms with E-state index in [1.165, 1.54) is 18.4 Å². The van der Waals surface area contributed by atoms with E-state index >= 15 is 0 Å². The molecule has 19 heavy (non-hydrogen) atoms. The molecular weight excluding hydrogens is 236 g/mol. The lowest BCUT2D eigenvalue weighted by atomic mass is 9.93. The Morgan fingerprint density at radius 2 is 1.89 bits per heavy atom. The summed E-state index contributed by atoms with van der Waals surface area (Å²) in [4.78, 5) is 12.4. The van der Waals surface area contributed by atoms with Crippen molar-refractivity contribution in [3.63, 3.8) is 0 Å². The van der Waals surface area contributed by atoms with Gasteiger partial charge >= 0.3 is 0 Å². The van der Waals surface area contributed by atoms with Crippen LogP contribution in [0.5, 0.6) is 0 Å². The number of rotatable bonds is 4. The number of hydrogen-bond donors (Lipinski definition) is 0. The maximum Gasteiger partial charge on any atom is 0.163 e. The molecule has 0 saturated carbocycles. The summed E-state index contributed by atoms with van der Waals surface area (Å²) in [6, 6.07) is 4.19. The van der Waals surface area contributed by atoms with Gasteiger partial charge in [-0.3, -0.25) is 4.79 Å². The van der Waals surface area contributed by atoms with Crippen LogP contribution in [0, 0.1) is 20.8 Å². The van der Waals surface area contributed by atoms with E-state index in [1.54, 1.807) is 0 Å². The lowest BCUT2D eigenvalue weighted by Crippen LogP contribution is -2.20. The molecule has 0 aromatic heterocycles. The summed E-state index contributed by atoms with van der Waals surface area (Å²) in [6.45, 7) is 7.00. The molecule has 1 atom stereocenters. The summed E-state index contributed by atoms with van der Waals surface area (Å²) in [5.41, 5.74) is 4.35. The normalized spacial score (nSPS) is 19.4. The van der Waals surface area contributed by atoms with Crippen molar-refractivity contribution in [2.45, 2.75) is 59.0 Å². The van der Waals surface area contributed by atoms with Crippen LogP contribution in [-0.2, 0) is 4.74 Å². The van der Waals surface area contributed by atoms with Crippen LogP contribution in [-0.4, -0.2) is 18.5 Å². The lowest BCUT2D eigenvalue weighted by molar-refractivity contribution is 0.0104. The van der Waals surface area contributed by atoms with Crippen LogP contribution in [0.3, 0.4) is 0 Å². The Labute approximate surface area is 116 Å². The molecule has 2 nitrogen and oxygen atoms in total. The Hall–Kier alpha value is -1.15. The van der Waals surface area contributed by atoms with Gasteiger partial charge in [-0.2, -0.15) is 0 Å². The van der Waals surface area contributed by atoms with Gasteiger partial charge in [-0.25, -0.2) is 0 Å². The van der Waals surface area contributed by atoms with Gasteiger partial charge < -0.3 is 4.74 Å². The van der Waals surface area contributed by atoms with Crippen molar-refractivity contribution in [1.82, 2.24) is 0 Å². The molecule has 0 radical (unpaired) electrons. The molecule has 1 saturated heterocycles. The fourth-order valence-corrected chi connectivity index (χ4v) is 3.07. The minimum atomic E-state index is 0.268. The Morgan fingerprint density at radius 1 is 1.21 bits per heavy atom. The molecule has 0 spiro atoms. The van der Waals surface area contributed by atoms with Gasteiger partial charge in [0.15, 0.2) is 5.78 Å². The van der Waals surface area contributed by atoms with Gasteiger partial charge in [0.2, 0.25) is 0 Å². The standard InChI is InChI=1S/C17H24O2/c1-12-10-13(2)17(14(3)11-12)16(18)8-7-15-6-4-5-9-19-15/h10-11,15H,4-9H2,1-3H3. The molecule has 0 bridgehead atoms. The molecule has 2 rings (SSSR count). The highest BCUT2D eigenvalue weighted by Crippen LogP contribution is 2.22. The molecule has 2 heteroatoms. The van der Waals surface area contributed by atoms with Gasteiger partial charge in [0.05, 0.1) is 6.10 Å². The third-order valence-electron chi connectivity index (χ3n) is 3.92. The van der Waals surface area contributed by atoms with Crippen molar-refractivity contribution >= 4 is 5.78 Å². The summed E-state index contributed by atoms with van der Waals surface area (Å²) < 4.78 is 5.69. The predicted octanol–water partition coefficient (Wildman–Crippen LogP) is 4.14. The number of carbonyl (C=O) groups excluding carboxylic acids is 1. The molecule has 1 fully saturated rings. The lowest BCUT2D eigenvalue weighted by Gasteiger charge is -2.22. The van der Waals surface area contributed by atoms with Crippen LogP contribution < -0.4 is 0 Å². The predicted molar refractivity (Wildman–Crippen MR) is 77.8 cm³/mol. The highest BCUT2D eigenvalue weighted by Gasteiger charge is 2.18. The maximum absolute atomic E-state index is 12.4. The quantitative estimate of drug-likeness (QED) is 0.760. The van der Waals surface area contributed by atoms with E-state index in [0.29, 0.717) is 12.5 Å². The Kier molecular flexibility index (Phi) is 4.76. The molecule has 1 aliphatic rings. The van der Waals surface area contributed by atoms with E-state index in [-0.39, 0.29) is 5.78 Å². The van der Waals surface area contributed by atoms with E-state index in [0.717, 1.165) is 36.1 Å². The number of aryl methyl sites for hydroxylation is 3. The molecule has 1 aromatic rings. The fraction of sp³-hybridized carbons (Fsp3) is 0.588. The SMILES string of the molecule is Cc1cc(C)c(C(=O)CCC2CCCCO2)c(C)c1. The first-order valence-electron chi connectivity index (χ1n) is 7.30. The molecular formula is C17H24O2. The molecule has 1 aromatic carbocycles. The second-order valence-electron chi connectivity index (χ2n) is 5.72. The zero-order valence-corrected chi connectivity index (χ0v) is 12.3. The topological polar surface area (TPSA) is 26.3 Å². The van der Waals surface area contributed by atoms with Crippen LogP contribution in [0.2, 0.25) is 0 Å². The molecule has 1 aliphatic heterocycles. The van der Waals surface area contributed by atoms with Gasteiger partial charge in [-0.05, 0) is 57.6 Å². The summed E-state index contributed by atoms with van der Waals surface area (Å²) >= 11 is 0. The van der Waals surface area contributed by atoms with E-state index in [1.807, 2.05) is 13.8 Å². The number of hydrogen-bond acceptors (Lipinski definition) is 2. The van der Waals surface area contributed by atoms with E-state index in [9.17, 15) is 4.79 Å². The highest BCUT2D eigenvalue weighted by atomic mass is 16.5. The van der Waals surface area contributed by atoms with Gasteiger partial charge in [-0.15, -0.1) is 0 Å². The van der Waals surface area contributed by atoms with Crippen LogP contribution in [0.25, 0.3) is 0 Å². The van der Waals surface area contributed by atoms with Crippen LogP contribution in [0.15, 0.2) is 12.1 Å². The monoisotopic (exact) mass is 260 g/mol. The largest absolute Gasteiger partial charge is 0.378 e. The highest BCUT2D eigenvalue weighted by molar-refractivity contribution is 5.98. The minimum Gasteiger partial charge on any atom is -0.378 e. The third kappa shape index (κ3) is 3.66. The van der Waals surface area contributed by atoms with Crippen molar-refractivity contribution < 1.29 is 9.53 Å². The summed E-state index contributed by atoms with van der Waals surface area (Å²) in [7, 11) is 0. The first-order valence-corrected chi connectivity index (χ1v) is 7.30. The Balaban J connectivity index is 1.99. The first-order chi connectivity index (χ1) is 9.08. The molecule has 0 amide bonds. The zero-order chi connectivity index (χ0) is 13.8. The minimum absolute atomic E-state index is 0.268. The smallest absolute Gasteiger partial charge is 0.163 e. The molecule has 0 N–H and O–H groups in total. The zero-order valence-electron chi connectivity index (χ0n) is 12.3. The second kappa shape index (κ2) is 6.33. The van der Waals surface area contributed by atoms with E-state index in [2.05, 4.69) is 19.1 Å². The van der Waals surface area contributed by atoms with Gasteiger partial charge in [-0.1, -0.05) is 17.7 Å². The number of carbonyl (C=O) groups is 1. The van der Waals surface area contributed by atoms with E-state index < -0.39 is 0 Å². The Bertz CT molecular complexity index is 433. The molecule has 104 valence electrons. The average molecular weight is 260 g/mol. The summed E-state index contributed by atoms with van der Waals surface area (Å²) in [6.07, 6.45) is 5.28. The third-order valence-corrected chi connectivity index (χ3v) is 3.92. The fourth-order valence-electron chi connectivity index (χ4n) is 3.07. The van der Waals surface area contributed by atoms with Crippen molar-refractivity contribution in [2.24, 2.45) is 0 Å². The summed E-state index contributed by atoms with van der Waals surface area (Å²) in [5.74, 6) is 0.268. The van der Waals surface area contributed by atoms with Crippen LogP contribution in [0.4, 0.5) is 0 Å². The van der Waals surface area contributed by atoms with Crippen molar-refractivity contribution in [1.29, 1.82) is 0 Å². The molecule has 1 unspecified atom stereocenters. The van der Waals surface area contributed by atoms with Gasteiger partial charge in [0.1, 0.15) is 0 Å². The number of ketones is 1. The summed E-state index contributed by atoms with van der Waals surface area (Å²) in [5, 5.41) is 0. The van der Waals surface area contributed by atoms with Crippen molar-refractivity contribution in [2.75, 3.05) is 6.61 Å². The molecule has 0 aliphatic carbocycles. The Morgan fingerprint density at radius 3 is 2.47 bits per heavy atom. The first kappa shape index (κ1) is 14.3. The van der Waals surface area contributed by atoms with Crippen LogP contribution >= 0.6 is 0 Å². The average Bonchev–Trinajstić information content (AvgIpc) is 2.36. The van der Waals surface area contributed by atoms with Gasteiger partial charge in [0.25, 0.3) is 0 Å².